The van der Waals surface area contributed by atoms with Crippen molar-refractivity contribution in [1.82, 2.24) is 9.88 Å². The van der Waals surface area contributed by atoms with Crippen molar-refractivity contribution in [3.05, 3.63) is 66.0 Å². The zero-order valence-corrected chi connectivity index (χ0v) is 18.0. The van der Waals surface area contributed by atoms with Crippen LogP contribution in [0.25, 0.3) is 11.6 Å². The van der Waals surface area contributed by atoms with Crippen LogP contribution in [0.2, 0.25) is 0 Å². The Bertz CT molecular complexity index is 878. The van der Waals surface area contributed by atoms with E-state index in [1.807, 2.05) is 69.3 Å². The van der Waals surface area contributed by atoms with Crippen LogP contribution in [-0.4, -0.2) is 40.5 Å². The number of ketones is 1. The number of benzene rings is 1. The molecule has 2 heterocycles. The minimum atomic E-state index is -0.494. The number of Topliss-reactive ketones (excluding diaryl/α,β-unsaturated/α-hetero) is 1. The van der Waals surface area contributed by atoms with Crippen LogP contribution in [0.5, 0.6) is 0 Å². The molecule has 0 atom stereocenters. The molecular formula is C25H30N2O3. The second-order valence-electron chi connectivity index (χ2n) is 8.74. The third-order valence-corrected chi connectivity index (χ3v) is 5.14. The molecular weight excluding hydrogens is 376 g/mol. The number of carbonyl (C=O) groups is 2. The Morgan fingerprint density at radius 3 is 2.30 bits per heavy atom. The van der Waals surface area contributed by atoms with Gasteiger partial charge in [-0.2, -0.15) is 0 Å². The number of pyridine rings is 1. The summed E-state index contributed by atoms with van der Waals surface area (Å²) in [5, 5.41) is 0. The van der Waals surface area contributed by atoms with Crippen molar-refractivity contribution in [2.24, 2.45) is 5.92 Å². The Morgan fingerprint density at radius 1 is 1.07 bits per heavy atom. The lowest BCUT2D eigenvalue weighted by atomic mass is 9.87. The average Bonchev–Trinajstić information content (AvgIpc) is 2.72. The van der Waals surface area contributed by atoms with Crippen LogP contribution < -0.4 is 0 Å². The molecule has 0 unspecified atom stereocenters. The van der Waals surface area contributed by atoms with Crippen molar-refractivity contribution < 1.29 is 14.3 Å². The molecule has 1 aliphatic heterocycles. The Hall–Kier alpha value is -2.95. The van der Waals surface area contributed by atoms with Crippen LogP contribution in [0.15, 0.2) is 54.9 Å². The number of hydrogen-bond acceptors (Lipinski definition) is 4. The van der Waals surface area contributed by atoms with Gasteiger partial charge in [-0.3, -0.25) is 9.78 Å². The minimum absolute atomic E-state index is 0.126. The molecule has 3 rings (SSSR count). The summed E-state index contributed by atoms with van der Waals surface area (Å²) in [6.07, 6.45) is 7.19. The summed E-state index contributed by atoms with van der Waals surface area (Å²) in [4.78, 5) is 31.3. The van der Waals surface area contributed by atoms with Gasteiger partial charge in [0.1, 0.15) is 5.60 Å². The van der Waals surface area contributed by atoms with Gasteiger partial charge in [-0.05, 0) is 68.9 Å². The Morgan fingerprint density at radius 2 is 1.70 bits per heavy atom. The van der Waals surface area contributed by atoms with Gasteiger partial charge in [0.25, 0.3) is 0 Å². The summed E-state index contributed by atoms with van der Waals surface area (Å²) in [6, 6.07) is 13.6. The fourth-order valence-electron chi connectivity index (χ4n) is 3.59. The van der Waals surface area contributed by atoms with E-state index in [0.29, 0.717) is 25.1 Å². The average molecular weight is 407 g/mol. The van der Waals surface area contributed by atoms with Gasteiger partial charge in [0.2, 0.25) is 0 Å². The first-order valence-electron chi connectivity index (χ1n) is 10.5. The van der Waals surface area contributed by atoms with Crippen molar-refractivity contribution in [2.75, 3.05) is 13.1 Å². The van der Waals surface area contributed by atoms with Crippen LogP contribution in [0.4, 0.5) is 4.79 Å². The number of aromatic nitrogens is 1. The fourth-order valence-corrected chi connectivity index (χ4v) is 3.59. The molecule has 0 saturated carbocycles. The highest BCUT2D eigenvalue weighted by Crippen LogP contribution is 2.27. The van der Waals surface area contributed by atoms with Gasteiger partial charge in [-0.15, -0.1) is 0 Å². The Balaban J connectivity index is 1.66. The standard InChI is InChI=1S/C25H30N2O3/c1-25(2,3)30-24(29)27-15-11-20(12-16-27)18-23(28)22(21-9-13-26-14-10-21)17-19-7-5-4-6-8-19/h4-10,13-14,17,20H,11-12,15-16,18H2,1-3H3/b22-17+. The molecule has 0 N–H and O–H groups in total. The number of piperidine rings is 1. The number of nitrogens with zero attached hydrogens (tertiary/aromatic N) is 2. The number of hydrogen-bond donors (Lipinski definition) is 0. The van der Waals surface area contributed by atoms with Gasteiger partial charge in [-0.1, -0.05) is 30.3 Å². The van der Waals surface area contributed by atoms with Gasteiger partial charge >= 0.3 is 6.09 Å². The van der Waals surface area contributed by atoms with E-state index in [-0.39, 0.29) is 17.8 Å². The first-order valence-corrected chi connectivity index (χ1v) is 10.5. The van der Waals surface area contributed by atoms with Gasteiger partial charge in [0.05, 0.1) is 0 Å². The fraction of sp³-hybridized carbons (Fsp3) is 0.400. The van der Waals surface area contributed by atoms with Crippen LogP contribution in [0.1, 0.15) is 51.2 Å². The molecule has 0 spiro atoms. The molecule has 5 heteroatoms. The van der Waals surface area contributed by atoms with Gasteiger partial charge < -0.3 is 9.64 Å². The second-order valence-corrected chi connectivity index (χ2v) is 8.74. The van der Waals surface area contributed by atoms with Crippen molar-refractivity contribution in [1.29, 1.82) is 0 Å². The number of amides is 1. The van der Waals surface area contributed by atoms with Crippen LogP contribution in [0, 0.1) is 5.92 Å². The van der Waals surface area contributed by atoms with Gasteiger partial charge in [0, 0.05) is 37.5 Å². The van der Waals surface area contributed by atoms with E-state index < -0.39 is 5.60 Å². The molecule has 1 fully saturated rings. The third-order valence-electron chi connectivity index (χ3n) is 5.14. The number of allylic oxidation sites excluding steroid dienone is 1. The number of ether oxygens (including phenoxy) is 1. The summed E-state index contributed by atoms with van der Waals surface area (Å²) >= 11 is 0. The lowest BCUT2D eigenvalue weighted by Crippen LogP contribution is -2.42. The molecule has 0 aliphatic carbocycles. The quantitative estimate of drug-likeness (QED) is 0.638. The molecule has 0 bridgehead atoms. The van der Waals surface area contributed by atoms with E-state index in [9.17, 15) is 9.59 Å². The number of likely N-dealkylation sites (tertiary alicyclic amines) is 1. The summed E-state index contributed by atoms with van der Waals surface area (Å²) in [6.45, 7) is 6.86. The Kier molecular flexibility index (Phi) is 7.03. The zero-order chi connectivity index (χ0) is 21.6. The molecule has 5 nitrogen and oxygen atoms in total. The molecule has 2 aromatic rings. The predicted octanol–water partition coefficient (Wildman–Crippen LogP) is 5.23. The highest BCUT2D eigenvalue weighted by molar-refractivity contribution is 6.25. The lowest BCUT2D eigenvalue weighted by Gasteiger charge is -2.33. The molecule has 30 heavy (non-hydrogen) atoms. The molecule has 1 saturated heterocycles. The third kappa shape index (κ3) is 6.28. The van der Waals surface area contributed by atoms with Crippen LogP contribution in [-0.2, 0) is 9.53 Å². The van der Waals surface area contributed by atoms with E-state index in [0.717, 1.165) is 24.0 Å². The normalized spacial score (nSPS) is 15.7. The SMILES string of the molecule is CC(C)(C)OC(=O)N1CCC(CC(=O)/C(=C/c2ccccc2)c2ccncc2)CC1. The molecule has 1 aromatic heterocycles. The molecule has 1 amide bonds. The molecule has 1 aliphatic rings. The van der Waals surface area contributed by atoms with Crippen molar-refractivity contribution in [2.45, 2.75) is 45.6 Å². The Labute approximate surface area is 178 Å². The number of rotatable bonds is 5. The van der Waals surface area contributed by atoms with Crippen molar-refractivity contribution in [3.8, 4) is 0 Å². The summed E-state index contributed by atoms with van der Waals surface area (Å²) in [7, 11) is 0. The summed E-state index contributed by atoms with van der Waals surface area (Å²) in [5.74, 6) is 0.387. The lowest BCUT2D eigenvalue weighted by molar-refractivity contribution is -0.114. The monoisotopic (exact) mass is 406 g/mol. The smallest absolute Gasteiger partial charge is 0.410 e. The van der Waals surface area contributed by atoms with Crippen molar-refractivity contribution in [3.63, 3.8) is 0 Å². The maximum absolute atomic E-state index is 13.2. The van der Waals surface area contributed by atoms with Gasteiger partial charge in [0.15, 0.2) is 5.78 Å². The topological polar surface area (TPSA) is 59.5 Å². The van der Waals surface area contributed by atoms with Crippen LogP contribution >= 0.6 is 0 Å². The largest absolute Gasteiger partial charge is 0.444 e. The van der Waals surface area contributed by atoms with E-state index in [1.165, 1.54) is 0 Å². The minimum Gasteiger partial charge on any atom is -0.444 e. The summed E-state index contributed by atoms with van der Waals surface area (Å²) in [5.41, 5.74) is 2.09. The highest BCUT2D eigenvalue weighted by Gasteiger charge is 2.28. The van der Waals surface area contributed by atoms with E-state index in [2.05, 4.69) is 4.98 Å². The van der Waals surface area contributed by atoms with Crippen LogP contribution in [0.3, 0.4) is 0 Å². The van der Waals surface area contributed by atoms with E-state index in [1.54, 1.807) is 17.3 Å². The molecule has 0 radical (unpaired) electrons. The molecule has 1 aromatic carbocycles. The maximum Gasteiger partial charge on any atom is 0.410 e. The van der Waals surface area contributed by atoms with Gasteiger partial charge in [-0.25, -0.2) is 4.79 Å². The van der Waals surface area contributed by atoms with E-state index in [4.69, 9.17) is 4.74 Å². The highest BCUT2D eigenvalue weighted by atomic mass is 16.6. The second kappa shape index (κ2) is 9.70. The van der Waals surface area contributed by atoms with E-state index >= 15 is 0 Å². The number of carbonyl (C=O) groups excluding carboxylic acids is 2. The molecule has 158 valence electrons. The summed E-state index contributed by atoms with van der Waals surface area (Å²) < 4.78 is 5.46. The zero-order valence-electron chi connectivity index (χ0n) is 18.0. The maximum atomic E-state index is 13.2. The first kappa shape index (κ1) is 21.8. The first-order chi connectivity index (χ1) is 14.3. The predicted molar refractivity (Wildman–Crippen MR) is 119 cm³/mol. The van der Waals surface area contributed by atoms with Crippen molar-refractivity contribution >= 4 is 23.5 Å².